The van der Waals surface area contributed by atoms with Crippen molar-refractivity contribution in [2.45, 2.75) is 24.9 Å². The standard InChI is InChI=1S/C23H26N4O9S2/c1-37-13-11-19(21(28)35-17-7-3-15(4-8-17)26(31)32)24-23(30)25-20(12-14-38-2)22(29)36-18-9-5-16(6-10-18)27(33)34/h3-10,19-20H,11-14H2,1-2H3,(H2,24,25,30). The molecule has 0 aromatic heterocycles. The molecule has 13 nitrogen and oxygen atoms in total. The molecule has 0 saturated heterocycles. The van der Waals surface area contributed by atoms with Crippen molar-refractivity contribution in [3.63, 3.8) is 0 Å². The lowest BCUT2D eigenvalue weighted by atomic mass is 10.2. The molecule has 0 heterocycles. The van der Waals surface area contributed by atoms with Gasteiger partial charge in [0.15, 0.2) is 0 Å². The number of carbonyl (C=O) groups is 3. The summed E-state index contributed by atoms with van der Waals surface area (Å²) in [6.07, 6.45) is 4.10. The first kappa shape index (κ1) is 30.4. The first-order valence-electron chi connectivity index (χ1n) is 11.1. The number of hydrogen-bond donors (Lipinski definition) is 2. The summed E-state index contributed by atoms with van der Waals surface area (Å²) in [5.41, 5.74) is -0.337. The Labute approximate surface area is 226 Å². The molecular formula is C23H26N4O9S2. The second-order valence-electron chi connectivity index (χ2n) is 7.63. The number of nitrogens with one attached hydrogen (secondary N) is 2. The van der Waals surface area contributed by atoms with Crippen LogP contribution in [0.2, 0.25) is 0 Å². The normalized spacial score (nSPS) is 12.1. The van der Waals surface area contributed by atoms with Gasteiger partial charge in [-0.3, -0.25) is 20.2 Å². The third-order valence-electron chi connectivity index (χ3n) is 4.93. The summed E-state index contributed by atoms with van der Waals surface area (Å²) in [6, 6.07) is 6.90. The number of urea groups is 1. The van der Waals surface area contributed by atoms with Crippen molar-refractivity contribution in [3.05, 3.63) is 68.8 Å². The zero-order chi connectivity index (χ0) is 28.1. The fourth-order valence-electron chi connectivity index (χ4n) is 2.97. The monoisotopic (exact) mass is 566 g/mol. The van der Waals surface area contributed by atoms with Crippen LogP contribution in [0.1, 0.15) is 12.8 Å². The Kier molecular flexibility index (Phi) is 12.3. The van der Waals surface area contributed by atoms with E-state index in [9.17, 15) is 34.6 Å². The fraction of sp³-hybridized carbons (Fsp3) is 0.348. The van der Waals surface area contributed by atoms with Crippen molar-refractivity contribution in [1.82, 2.24) is 10.6 Å². The van der Waals surface area contributed by atoms with E-state index in [1.807, 2.05) is 12.5 Å². The number of nitro groups is 2. The highest BCUT2D eigenvalue weighted by Crippen LogP contribution is 2.19. The van der Waals surface area contributed by atoms with Crippen molar-refractivity contribution in [2.24, 2.45) is 0 Å². The molecule has 2 amide bonds. The van der Waals surface area contributed by atoms with Crippen LogP contribution in [-0.2, 0) is 9.59 Å². The molecule has 2 rings (SSSR count). The number of benzene rings is 2. The molecule has 2 aromatic carbocycles. The summed E-state index contributed by atoms with van der Waals surface area (Å²) in [5.74, 6) is -0.395. The summed E-state index contributed by atoms with van der Waals surface area (Å²) in [4.78, 5) is 58.6. The summed E-state index contributed by atoms with van der Waals surface area (Å²) < 4.78 is 10.6. The molecule has 0 saturated carbocycles. The van der Waals surface area contributed by atoms with E-state index in [1.165, 1.54) is 72.1 Å². The largest absolute Gasteiger partial charge is 0.425 e. The molecule has 0 spiro atoms. The van der Waals surface area contributed by atoms with E-state index in [0.717, 1.165) is 0 Å². The third kappa shape index (κ3) is 9.89. The number of non-ortho nitro benzene ring substituents is 2. The van der Waals surface area contributed by atoms with Crippen molar-refractivity contribution < 1.29 is 33.7 Å². The van der Waals surface area contributed by atoms with E-state index >= 15 is 0 Å². The average molecular weight is 567 g/mol. The lowest BCUT2D eigenvalue weighted by molar-refractivity contribution is -0.385. The first-order chi connectivity index (χ1) is 18.1. The van der Waals surface area contributed by atoms with E-state index in [0.29, 0.717) is 11.5 Å². The Morgan fingerprint density at radius 2 is 1.08 bits per heavy atom. The Morgan fingerprint density at radius 3 is 1.37 bits per heavy atom. The highest BCUT2D eigenvalue weighted by atomic mass is 32.2. The molecule has 2 aromatic rings. The topological polar surface area (TPSA) is 180 Å². The third-order valence-corrected chi connectivity index (χ3v) is 6.22. The number of amides is 2. The molecule has 38 heavy (non-hydrogen) atoms. The fourth-order valence-corrected chi connectivity index (χ4v) is 3.92. The molecule has 0 aliphatic carbocycles. The van der Waals surface area contributed by atoms with Gasteiger partial charge in [-0.25, -0.2) is 14.4 Å². The van der Waals surface area contributed by atoms with Gasteiger partial charge in [0.25, 0.3) is 11.4 Å². The molecule has 2 N–H and O–H groups in total. The Hall–Kier alpha value is -3.85. The van der Waals surface area contributed by atoms with Crippen LogP contribution in [0.3, 0.4) is 0 Å². The Morgan fingerprint density at radius 1 is 0.737 bits per heavy atom. The summed E-state index contributed by atoms with van der Waals surface area (Å²) in [5, 5.41) is 26.6. The van der Waals surface area contributed by atoms with Gasteiger partial charge < -0.3 is 20.1 Å². The van der Waals surface area contributed by atoms with Crippen LogP contribution in [0.25, 0.3) is 0 Å². The number of nitro benzene ring substituents is 2. The number of esters is 2. The van der Waals surface area contributed by atoms with Crippen LogP contribution in [-0.4, -0.2) is 63.9 Å². The van der Waals surface area contributed by atoms with Crippen molar-refractivity contribution in [1.29, 1.82) is 0 Å². The maximum absolute atomic E-state index is 12.7. The zero-order valence-corrected chi connectivity index (χ0v) is 22.1. The summed E-state index contributed by atoms with van der Waals surface area (Å²) in [6.45, 7) is 0. The predicted molar refractivity (Wildman–Crippen MR) is 143 cm³/mol. The minimum atomic E-state index is -1.07. The Bertz CT molecular complexity index is 1040. The van der Waals surface area contributed by atoms with Gasteiger partial charge in [0, 0.05) is 24.3 Å². The maximum Gasteiger partial charge on any atom is 0.334 e. The number of thioether (sulfide) groups is 2. The maximum atomic E-state index is 12.7. The minimum Gasteiger partial charge on any atom is -0.425 e. The molecule has 2 unspecified atom stereocenters. The summed E-state index contributed by atoms with van der Waals surface area (Å²) >= 11 is 2.89. The molecule has 15 heteroatoms. The number of carbonyl (C=O) groups excluding carboxylic acids is 3. The highest BCUT2D eigenvalue weighted by molar-refractivity contribution is 7.98. The van der Waals surface area contributed by atoms with E-state index in [4.69, 9.17) is 9.47 Å². The smallest absolute Gasteiger partial charge is 0.334 e. The van der Waals surface area contributed by atoms with Gasteiger partial charge in [0.05, 0.1) is 9.85 Å². The van der Waals surface area contributed by atoms with Crippen LogP contribution < -0.4 is 20.1 Å². The average Bonchev–Trinajstić information content (AvgIpc) is 2.89. The van der Waals surface area contributed by atoms with Gasteiger partial charge in [-0.05, 0) is 61.1 Å². The SMILES string of the molecule is CSCCC(NC(=O)NC(CCSC)C(=O)Oc1ccc([N+](=O)[O-])cc1)C(=O)Oc1ccc([N+](=O)[O-])cc1. The number of ether oxygens (including phenoxy) is 2. The van der Waals surface area contributed by atoms with Crippen molar-refractivity contribution in [2.75, 3.05) is 24.0 Å². The van der Waals surface area contributed by atoms with Crippen LogP contribution in [0.15, 0.2) is 48.5 Å². The lowest BCUT2D eigenvalue weighted by Crippen LogP contribution is -2.52. The molecule has 0 radical (unpaired) electrons. The van der Waals surface area contributed by atoms with Gasteiger partial charge in [-0.2, -0.15) is 23.5 Å². The molecule has 0 aliphatic rings. The molecular weight excluding hydrogens is 540 g/mol. The quantitative estimate of drug-likeness (QED) is 0.148. The Balaban J connectivity index is 2.05. The minimum absolute atomic E-state index is 0.0708. The van der Waals surface area contributed by atoms with Crippen LogP contribution in [0, 0.1) is 20.2 Å². The molecule has 0 aliphatic heterocycles. The van der Waals surface area contributed by atoms with E-state index < -0.39 is 39.9 Å². The second kappa shape index (κ2) is 15.4. The lowest BCUT2D eigenvalue weighted by Gasteiger charge is -2.21. The van der Waals surface area contributed by atoms with Gasteiger partial charge in [0.1, 0.15) is 23.6 Å². The van der Waals surface area contributed by atoms with E-state index in [1.54, 1.807) is 0 Å². The molecule has 0 fully saturated rings. The van der Waals surface area contributed by atoms with E-state index in [-0.39, 0.29) is 35.7 Å². The first-order valence-corrected chi connectivity index (χ1v) is 13.9. The number of rotatable bonds is 14. The second-order valence-corrected chi connectivity index (χ2v) is 9.60. The number of hydrogen-bond acceptors (Lipinski definition) is 11. The van der Waals surface area contributed by atoms with E-state index in [2.05, 4.69) is 10.6 Å². The van der Waals surface area contributed by atoms with Crippen LogP contribution in [0.5, 0.6) is 11.5 Å². The molecule has 2 atom stereocenters. The highest BCUT2D eigenvalue weighted by Gasteiger charge is 2.27. The summed E-state index contributed by atoms with van der Waals surface area (Å²) in [7, 11) is 0. The number of nitrogens with zero attached hydrogens (tertiary/aromatic N) is 2. The van der Waals surface area contributed by atoms with Gasteiger partial charge in [-0.15, -0.1) is 0 Å². The predicted octanol–water partition coefficient (Wildman–Crippen LogP) is 3.56. The van der Waals surface area contributed by atoms with Crippen molar-refractivity contribution in [3.8, 4) is 11.5 Å². The van der Waals surface area contributed by atoms with Crippen LogP contribution >= 0.6 is 23.5 Å². The molecule has 0 bridgehead atoms. The van der Waals surface area contributed by atoms with Gasteiger partial charge in [-0.1, -0.05) is 0 Å². The molecule has 204 valence electrons. The van der Waals surface area contributed by atoms with Gasteiger partial charge >= 0.3 is 18.0 Å². The zero-order valence-electron chi connectivity index (χ0n) is 20.5. The van der Waals surface area contributed by atoms with Crippen LogP contribution in [0.4, 0.5) is 16.2 Å². The van der Waals surface area contributed by atoms with Gasteiger partial charge in [0.2, 0.25) is 0 Å². The van der Waals surface area contributed by atoms with Crippen molar-refractivity contribution >= 4 is 52.9 Å².